The van der Waals surface area contributed by atoms with Crippen LogP contribution in [0.1, 0.15) is 65.2 Å². The summed E-state index contributed by atoms with van der Waals surface area (Å²) in [6.45, 7) is 12.2. The predicted octanol–water partition coefficient (Wildman–Crippen LogP) is 4.22. The Bertz CT molecular complexity index is 177. The minimum Gasteiger partial charge on any atom is -0.303 e. The highest BCUT2D eigenvalue weighted by Gasteiger charge is 2.20. The molecule has 2 nitrogen and oxygen atoms in total. The second-order valence-corrected chi connectivity index (χ2v) is 5.16. The van der Waals surface area contributed by atoms with Crippen molar-refractivity contribution in [1.29, 1.82) is 5.26 Å². The van der Waals surface area contributed by atoms with Gasteiger partial charge in [-0.05, 0) is 38.3 Å². The number of likely N-dealkylation sites (tertiary alicyclic amines) is 1. The van der Waals surface area contributed by atoms with Crippen molar-refractivity contribution >= 4 is 0 Å². The second kappa shape index (κ2) is 11.9. The number of rotatable bonds is 8. The van der Waals surface area contributed by atoms with Crippen LogP contribution in [0.4, 0.5) is 0 Å². The van der Waals surface area contributed by atoms with E-state index in [1.165, 1.54) is 71.0 Å². The number of hydrogen-bond donors (Lipinski definition) is 0. The fourth-order valence-corrected chi connectivity index (χ4v) is 2.70. The van der Waals surface area contributed by atoms with Gasteiger partial charge in [-0.3, -0.25) is 0 Å². The van der Waals surface area contributed by atoms with E-state index in [9.17, 15) is 0 Å². The maximum Gasteiger partial charge on any atom is 0.0462 e. The van der Waals surface area contributed by atoms with Gasteiger partial charge in [0, 0.05) is 13.1 Å². The van der Waals surface area contributed by atoms with E-state index in [-0.39, 0.29) is 0 Å². The van der Waals surface area contributed by atoms with Gasteiger partial charge < -0.3 is 4.90 Å². The first kappa shape index (κ1) is 16.4. The quantitative estimate of drug-likeness (QED) is 0.592. The number of nitriles is 1. The van der Waals surface area contributed by atoms with Gasteiger partial charge >= 0.3 is 0 Å². The van der Waals surface area contributed by atoms with Gasteiger partial charge in [-0.25, -0.2) is 5.26 Å². The van der Waals surface area contributed by atoms with Crippen LogP contribution >= 0.6 is 0 Å². The van der Waals surface area contributed by atoms with Crippen molar-refractivity contribution in [2.45, 2.75) is 65.2 Å². The van der Waals surface area contributed by atoms with Crippen molar-refractivity contribution in [1.82, 2.24) is 4.90 Å². The lowest BCUT2D eigenvalue weighted by Crippen LogP contribution is -2.21. The highest BCUT2D eigenvalue weighted by molar-refractivity contribution is 4.74. The Balaban J connectivity index is 0.00000121. The molecule has 17 heavy (non-hydrogen) atoms. The van der Waals surface area contributed by atoms with Gasteiger partial charge in [0.25, 0.3) is 0 Å². The van der Waals surface area contributed by atoms with Crippen molar-refractivity contribution in [3.05, 3.63) is 0 Å². The maximum absolute atomic E-state index is 6.50. The van der Waals surface area contributed by atoms with E-state index >= 15 is 0 Å². The van der Waals surface area contributed by atoms with Crippen molar-refractivity contribution in [2.75, 3.05) is 19.6 Å². The lowest BCUT2D eigenvalue weighted by atomic mass is 10.0. The molecule has 100 valence electrons. The molecule has 0 bridgehead atoms. The predicted molar refractivity (Wildman–Crippen MR) is 74.9 cm³/mol. The fraction of sp³-hybridized carbons (Fsp3) is 0.933. The molecule has 1 aliphatic rings. The van der Waals surface area contributed by atoms with Gasteiger partial charge in [0.05, 0.1) is 0 Å². The van der Waals surface area contributed by atoms with E-state index in [2.05, 4.69) is 25.3 Å². The first-order chi connectivity index (χ1) is 8.36. The molecule has 0 aromatic carbocycles. The Hall–Kier alpha value is -0.550. The summed E-state index contributed by atoms with van der Waals surface area (Å²) >= 11 is 0. The van der Waals surface area contributed by atoms with Crippen LogP contribution in [0, 0.1) is 17.8 Å². The third kappa shape index (κ3) is 8.21. The molecule has 1 unspecified atom stereocenters. The molecule has 1 aliphatic heterocycles. The fourth-order valence-electron chi connectivity index (χ4n) is 2.70. The van der Waals surface area contributed by atoms with E-state index in [0.717, 1.165) is 5.92 Å². The third-order valence-electron chi connectivity index (χ3n) is 3.64. The van der Waals surface area contributed by atoms with Gasteiger partial charge in [-0.15, -0.1) is 0 Å². The lowest BCUT2D eigenvalue weighted by molar-refractivity contribution is 0.311. The van der Waals surface area contributed by atoms with E-state index in [4.69, 9.17) is 5.26 Å². The topological polar surface area (TPSA) is 27.0 Å². The number of nitrogens with zero attached hydrogens (tertiary/aromatic N) is 2. The first-order valence-electron chi connectivity index (χ1n) is 7.35. The normalized spacial score (nSPS) is 19.9. The molecule has 1 heterocycles. The molecular formula is C15H30N2. The average Bonchev–Trinajstić information content (AvgIpc) is 2.80. The van der Waals surface area contributed by atoms with Crippen LogP contribution in [0.25, 0.3) is 0 Å². The largest absolute Gasteiger partial charge is 0.303 e. The Morgan fingerprint density at radius 3 is 2.41 bits per heavy atom. The Labute approximate surface area is 108 Å². The molecule has 0 amide bonds. The van der Waals surface area contributed by atoms with Crippen molar-refractivity contribution in [3.63, 3.8) is 0 Å². The summed E-state index contributed by atoms with van der Waals surface area (Å²) in [5.74, 6) is 1.02. The monoisotopic (exact) mass is 238 g/mol. The van der Waals surface area contributed by atoms with Crippen LogP contribution in [-0.2, 0) is 0 Å². The molecule has 1 rings (SSSR count). The zero-order valence-electron chi connectivity index (χ0n) is 11.8. The third-order valence-corrected chi connectivity index (χ3v) is 3.64. The van der Waals surface area contributed by atoms with E-state index in [1.54, 1.807) is 0 Å². The van der Waals surface area contributed by atoms with Crippen LogP contribution in [0.3, 0.4) is 0 Å². The molecule has 1 saturated heterocycles. The zero-order valence-corrected chi connectivity index (χ0v) is 11.8. The Morgan fingerprint density at radius 2 is 1.76 bits per heavy atom. The van der Waals surface area contributed by atoms with Gasteiger partial charge in [0.15, 0.2) is 0 Å². The number of unbranched alkanes of at least 4 members (excludes halogenated alkanes) is 4. The zero-order chi connectivity index (χ0) is 12.9. The van der Waals surface area contributed by atoms with E-state index in [0.29, 0.717) is 0 Å². The SMILES string of the molecule is C#N.CCCCCCCN1CCC(CCC)C1. The first-order valence-corrected chi connectivity index (χ1v) is 7.35. The minimum atomic E-state index is 1.02. The summed E-state index contributed by atoms with van der Waals surface area (Å²) in [6.07, 6.45) is 11.4. The van der Waals surface area contributed by atoms with Crippen molar-refractivity contribution in [3.8, 4) is 6.57 Å². The number of hydrogen-bond acceptors (Lipinski definition) is 2. The van der Waals surface area contributed by atoms with Crippen LogP contribution in [0.15, 0.2) is 0 Å². The standard InChI is InChI=1S/C14H29N.CHN/c1-3-5-6-7-8-11-15-12-10-14(13-15)9-4-2;1-2/h14H,3-13H2,1-2H3;1H. The van der Waals surface area contributed by atoms with Crippen molar-refractivity contribution < 1.29 is 0 Å². The van der Waals surface area contributed by atoms with Gasteiger partial charge in [0.1, 0.15) is 0 Å². The summed E-state index contributed by atoms with van der Waals surface area (Å²) in [6, 6.07) is 0. The molecule has 1 atom stereocenters. The Kier molecular flexibility index (Phi) is 11.5. The van der Waals surface area contributed by atoms with E-state index < -0.39 is 0 Å². The van der Waals surface area contributed by atoms with Crippen LogP contribution in [-0.4, -0.2) is 24.5 Å². The van der Waals surface area contributed by atoms with Crippen molar-refractivity contribution in [2.24, 2.45) is 5.92 Å². The molecule has 0 N–H and O–H groups in total. The van der Waals surface area contributed by atoms with Crippen LogP contribution < -0.4 is 0 Å². The molecular weight excluding hydrogens is 208 g/mol. The molecule has 0 spiro atoms. The molecule has 0 aromatic rings. The van der Waals surface area contributed by atoms with Gasteiger partial charge in [-0.1, -0.05) is 46.0 Å². The summed E-state index contributed by atoms with van der Waals surface area (Å²) in [7, 11) is 0. The highest BCUT2D eigenvalue weighted by atomic mass is 15.1. The Morgan fingerprint density at radius 1 is 1.06 bits per heavy atom. The molecule has 1 fully saturated rings. The van der Waals surface area contributed by atoms with Crippen LogP contribution in [0.2, 0.25) is 0 Å². The van der Waals surface area contributed by atoms with Gasteiger partial charge in [0.2, 0.25) is 0 Å². The smallest absolute Gasteiger partial charge is 0.0462 e. The van der Waals surface area contributed by atoms with E-state index in [1.807, 2.05) is 0 Å². The summed E-state index contributed by atoms with van der Waals surface area (Å²) < 4.78 is 0. The maximum atomic E-state index is 6.50. The summed E-state index contributed by atoms with van der Waals surface area (Å²) in [4.78, 5) is 2.69. The molecule has 0 aromatic heterocycles. The second-order valence-electron chi connectivity index (χ2n) is 5.16. The summed E-state index contributed by atoms with van der Waals surface area (Å²) in [5, 5.41) is 6.50. The van der Waals surface area contributed by atoms with Crippen LogP contribution in [0.5, 0.6) is 0 Å². The molecule has 0 aliphatic carbocycles. The van der Waals surface area contributed by atoms with Gasteiger partial charge in [-0.2, -0.15) is 0 Å². The average molecular weight is 238 g/mol. The minimum absolute atomic E-state index is 1.02. The summed E-state index contributed by atoms with van der Waals surface area (Å²) in [5.41, 5.74) is 0. The highest BCUT2D eigenvalue weighted by Crippen LogP contribution is 2.21. The molecule has 0 radical (unpaired) electrons. The molecule has 2 heteroatoms. The lowest BCUT2D eigenvalue weighted by Gasteiger charge is -2.15. The molecule has 0 saturated carbocycles.